The largest absolute Gasteiger partial charge is 0.395 e. The molecule has 1 aromatic rings. The van der Waals surface area contributed by atoms with Gasteiger partial charge in [0, 0.05) is 26.1 Å². The minimum atomic E-state index is -3.51. The van der Waals surface area contributed by atoms with Gasteiger partial charge >= 0.3 is 10.2 Å². The fourth-order valence-electron chi connectivity index (χ4n) is 1.27. The van der Waals surface area contributed by atoms with Crippen LogP contribution >= 0.6 is 0 Å². The van der Waals surface area contributed by atoms with Crippen molar-refractivity contribution in [3.8, 4) is 11.8 Å². The third-order valence-electron chi connectivity index (χ3n) is 2.42. The molecule has 0 fully saturated rings. The Morgan fingerprint density at radius 3 is 2.63 bits per heavy atom. The van der Waals surface area contributed by atoms with Crippen LogP contribution in [-0.4, -0.2) is 38.5 Å². The Balaban J connectivity index is 3.01. The summed E-state index contributed by atoms with van der Waals surface area (Å²) in [5.74, 6) is 5.73. The molecule has 0 aliphatic rings. The number of aliphatic hydroxyl groups excluding tert-OH is 1. The molecule has 1 aromatic carbocycles. The van der Waals surface area contributed by atoms with Crippen molar-refractivity contribution in [3.63, 3.8) is 0 Å². The smallest absolute Gasteiger partial charge is 0.301 e. The molecule has 0 radical (unpaired) electrons. The molecule has 5 nitrogen and oxygen atoms in total. The monoisotopic (exact) mass is 282 g/mol. The first kappa shape index (κ1) is 15.5. The van der Waals surface area contributed by atoms with E-state index in [1.807, 2.05) is 6.92 Å². The maximum absolute atomic E-state index is 11.7. The molecule has 0 amide bonds. The van der Waals surface area contributed by atoms with Crippen molar-refractivity contribution in [2.75, 3.05) is 25.4 Å². The molecule has 104 valence electrons. The van der Waals surface area contributed by atoms with Gasteiger partial charge in [0.15, 0.2) is 0 Å². The summed E-state index contributed by atoms with van der Waals surface area (Å²) in [4.78, 5) is 0. The molecule has 1 rings (SSSR count). The van der Waals surface area contributed by atoms with Gasteiger partial charge < -0.3 is 5.11 Å². The number of benzene rings is 1. The number of hydrogen-bond donors (Lipinski definition) is 2. The maximum atomic E-state index is 11.7. The van der Waals surface area contributed by atoms with E-state index in [4.69, 9.17) is 5.11 Å². The minimum Gasteiger partial charge on any atom is -0.395 e. The summed E-state index contributed by atoms with van der Waals surface area (Å²) in [6, 6.07) is 5.17. The number of anilines is 1. The highest BCUT2D eigenvalue weighted by Crippen LogP contribution is 2.16. The van der Waals surface area contributed by atoms with Gasteiger partial charge in [0.2, 0.25) is 0 Å². The van der Waals surface area contributed by atoms with Gasteiger partial charge in [-0.3, -0.25) is 4.72 Å². The zero-order valence-corrected chi connectivity index (χ0v) is 12.1. The zero-order valence-electron chi connectivity index (χ0n) is 11.3. The SMILES string of the molecule is Cc1ccc(NS(=O)(=O)N(C)C)cc1C#CCCO. The van der Waals surface area contributed by atoms with Crippen molar-refractivity contribution in [2.24, 2.45) is 0 Å². The molecule has 0 atom stereocenters. The lowest BCUT2D eigenvalue weighted by Crippen LogP contribution is -2.28. The van der Waals surface area contributed by atoms with Crippen LogP contribution in [0, 0.1) is 18.8 Å². The van der Waals surface area contributed by atoms with Crippen LogP contribution in [0.25, 0.3) is 0 Å². The molecule has 0 saturated heterocycles. The van der Waals surface area contributed by atoms with Gasteiger partial charge in [-0.05, 0) is 24.6 Å². The molecule has 0 aliphatic heterocycles. The minimum absolute atomic E-state index is 0.0129. The van der Waals surface area contributed by atoms with Crippen LogP contribution in [0.5, 0.6) is 0 Å². The number of hydrogen-bond acceptors (Lipinski definition) is 3. The molecule has 0 unspecified atom stereocenters. The van der Waals surface area contributed by atoms with Gasteiger partial charge in [0.1, 0.15) is 0 Å². The lowest BCUT2D eigenvalue weighted by Gasteiger charge is -2.13. The van der Waals surface area contributed by atoms with Crippen molar-refractivity contribution >= 4 is 15.9 Å². The van der Waals surface area contributed by atoms with Gasteiger partial charge in [0.05, 0.1) is 12.3 Å². The molecule has 0 saturated carbocycles. The second kappa shape index (κ2) is 6.57. The highest BCUT2D eigenvalue weighted by molar-refractivity contribution is 7.90. The number of aryl methyl sites for hydroxylation is 1. The Bertz CT molecular complexity index is 598. The summed E-state index contributed by atoms with van der Waals surface area (Å²) in [5.41, 5.74) is 2.17. The van der Waals surface area contributed by atoms with Crippen LogP contribution in [0.4, 0.5) is 5.69 Å². The van der Waals surface area contributed by atoms with Crippen LogP contribution < -0.4 is 4.72 Å². The summed E-state index contributed by atoms with van der Waals surface area (Å²) in [5, 5.41) is 8.68. The molecule has 6 heteroatoms. The van der Waals surface area contributed by atoms with E-state index in [1.165, 1.54) is 14.1 Å². The Hall–Kier alpha value is -1.55. The van der Waals surface area contributed by atoms with Gasteiger partial charge in [-0.25, -0.2) is 0 Å². The molecular formula is C13H18N2O3S. The van der Waals surface area contributed by atoms with E-state index in [-0.39, 0.29) is 6.61 Å². The fraction of sp³-hybridized carbons (Fsp3) is 0.385. The summed E-state index contributed by atoms with van der Waals surface area (Å²) < 4.78 is 27.0. The molecule has 0 spiro atoms. The molecule has 0 bridgehead atoms. The average molecular weight is 282 g/mol. The first-order valence-corrected chi connectivity index (χ1v) is 7.21. The highest BCUT2D eigenvalue weighted by Gasteiger charge is 2.13. The van der Waals surface area contributed by atoms with E-state index in [1.54, 1.807) is 18.2 Å². The van der Waals surface area contributed by atoms with Crippen molar-refractivity contribution in [1.29, 1.82) is 0 Å². The van der Waals surface area contributed by atoms with Crippen molar-refractivity contribution in [1.82, 2.24) is 4.31 Å². The van der Waals surface area contributed by atoms with Crippen LogP contribution in [0.2, 0.25) is 0 Å². The number of nitrogens with zero attached hydrogens (tertiary/aromatic N) is 1. The van der Waals surface area contributed by atoms with Crippen molar-refractivity contribution in [2.45, 2.75) is 13.3 Å². The van der Waals surface area contributed by atoms with Gasteiger partial charge in [-0.1, -0.05) is 17.9 Å². The lowest BCUT2D eigenvalue weighted by atomic mass is 10.1. The topological polar surface area (TPSA) is 69.6 Å². The molecule has 0 aromatic heterocycles. The first-order valence-electron chi connectivity index (χ1n) is 5.77. The molecule has 0 aliphatic carbocycles. The van der Waals surface area contributed by atoms with E-state index in [0.717, 1.165) is 15.4 Å². The van der Waals surface area contributed by atoms with E-state index in [9.17, 15) is 8.42 Å². The first-order chi connectivity index (χ1) is 8.86. The van der Waals surface area contributed by atoms with E-state index in [2.05, 4.69) is 16.6 Å². The van der Waals surface area contributed by atoms with E-state index in [0.29, 0.717) is 12.1 Å². The van der Waals surface area contributed by atoms with Crippen LogP contribution in [0.1, 0.15) is 17.5 Å². The van der Waals surface area contributed by atoms with Crippen LogP contribution in [0.15, 0.2) is 18.2 Å². The van der Waals surface area contributed by atoms with Gasteiger partial charge in [0.25, 0.3) is 0 Å². The summed E-state index contributed by atoms with van der Waals surface area (Å²) >= 11 is 0. The van der Waals surface area contributed by atoms with E-state index < -0.39 is 10.2 Å². The average Bonchev–Trinajstić information content (AvgIpc) is 2.33. The highest BCUT2D eigenvalue weighted by atomic mass is 32.2. The third-order valence-corrected chi connectivity index (χ3v) is 3.88. The van der Waals surface area contributed by atoms with Gasteiger partial charge in [-0.2, -0.15) is 12.7 Å². The van der Waals surface area contributed by atoms with Gasteiger partial charge in [-0.15, -0.1) is 0 Å². The normalized spacial score (nSPS) is 11.0. The Morgan fingerprint density at radius 1 is 1.37 bits per heavy atom. The van der Waals surface area contributed by atoms with Crippen LogP contribution in [-0.2, 0) is 10.2 Å². The summed E-state index contributed by atoms with van der Waals surface area (Å²) in [6.07, 6.45) is 0.396. The van der Waals surface area contributed by atoms with Crippen molar-refractivity contribution < 1.29 is 13.5 Å². The Kier molecular flexibility index (Phi) is 5.36. The molecule has 2 N–H and O–H groups in total. The van der Waals surface area contributed by atoms with Crippen LogP contribution in [0.3, 0.4) is 0 Å². The Labute approximate surface area is 114 Å². The third kappa shape index (κ3) is 4.56. The number of nitrogens with one attached hydrogen (secondary N) is 1. The molecule has 19 heavy (non-hydrogen) atoms. The van der Waals surface area contributed by atoms with Crippen molar-refractivity contribution in [3.05, 3.63) is 29.3 Å². The fourth-order valence-corrected chi connectivity index (χ4v) is 1.88. The second-order valence-electron chi connectivity index (χ2n) is 4.19. The zero-order chi connectivity index (χ0) is 14.5. The predicted molar refractivity (Wildman–Crippen MR) is 76.0 cm³/mol. The summed E-state index contributed by atoms with van der Waals surface area (Å²) in [7, 11) is -0.597. The molecule has 0 heterocycles. The summed E-state index contributed by atoms with van der Waals surface area (Å²) in [6.45, 7) is 1.91. The predicted octanol–water partition coefficient (Wildman–Crippen LogP) is 0.947. The maximum Gasteiger partial charge on any atom is 0.301 e. The second-order valence-corrected chi connectivity index (χ2v) is 6.08. The van der Waals surface area contributed by atoms with E-state index >= 15 is 0 Å². The quantitative estimate of drug-likeness (QED) is 0.808. The standard InChI is InChI=1S/C13H18N2O3S/c1-11-7-8-13(14-19(17,18)15(2)3)10-12(11)6-4-5-9-16/h7-8,10,14,16H,5,9H2,1-3H3. The Morgan fingerprint density at radius 2 is 2.05 bits per heavy atom. The lowest BCUT2D eigenvalue weighted by molar-refractivity contribution is 0.305. The number of rotatable bonds is 4. The molecular weight excluding hydrogens is 264 g/mol. The number of aliphatic hydroxyl groups is 1.